The molecule has 0 fully saturated rings. The molecule has 0 heterocycles. The number of hydrogen-bond donors (Lipinski definition) is 0. The van der Waals surface area contributed by atoms with Crippen molar-refractivity contribution in [1.29, 1.82) is 0 Å². The molecule has 0 saturated carbocycles. The molecule has 2 aliphatic carbocycles. The Morgan fingerprint density at radius 2 is 0.784 bits per heavy atom. The maximum Gasteiger partial charge on any atom is 4.00 e. The van der Waals surface area contributed by atoms with Gasteiger partial charge in [0.15, 0.2) is 0 Å². The monoisotopic (exact) mass is 701 g/mol. The second-order valence-electron chi connectivity index (χ2n) is 8.28. The van der Waals surface area contributed by atoms with Gasteiger partial charge in [-0.25, -0.2) is 0 Å². The van der Waals surface area contributed by atoms with E-state index in [1.807, 2.05) is 48.5 Å². The average Bonchev–Trinajstić information content (AvgIpc) is 3.47. The molecule has 6 rings (SSSR count). The summed E-state index contributed by atoms with van der Waals surface area (Å²) in [7, 11) is 0. The number of hydrogen-bond acceptors (Lipinski definition) is 0. The van der Waals surface area contributed by atoms with E-state index in [-0.39, 0.29) is 45.9 Å². The molecule has 186 valence electrons. The number of rotatable bonds is 2. The normalized spacial score (nSPS) is 13.9. The van der Waals surface area contributed by atoms with Gasteiger partial charge < -0.3 is 36.3 Å². The molecule has 0 amide bonds. The quantitative estimate of drug-likeness (QED) is 0.305. The van der Waals surface area contributed by atoms with Gasteiger partial charge in [-0.1, -0.05) is 121 Å². The van der Waals surface area contributed by atoms with E-state index in [0.717, 1.165) is 11.1 Å². The van der Waals surface area contributed by atoms with Crippen LogP contribution < -0.4 is 24.8 Å². The molecule has 37 heavy (non-hydrogen) atoms. The Morgan fingerprint density at radius 1 is 0.432 bits per heavy atom. The molecule has 5 heteroatoms. The third-order valence-corrected chi connectivity index (χ3v) is 5.89. The van der Waals surface area contributed by atoms with E-state index in [1.165, 1.54) is 33.4 Å². The van der Waals surface area contributed by atoms with Crippen molar-refractivity contribution < 1.29 is 45.9 Å². The van der Waals surface area contributed by atoms with Crippen molar-refractivity contribution in [2.45, 2.75) is 0 Å². The summed E-state index contributed by atoms with van der Waals surface area (Å²) < 4.78 is 0. The van der Waals surface area contributed by atoms with Crippen LogP contribution in [0, 0.1) is 0 Å². The summed E-state index contributed by atoms with van der Waals surface area (Å²) in [5.41, 5.74) is 25.9. The molecule has 2 nitrogen and oxygen atoms in total. The van der Waals surface area contributed by atoms with Crippen LogP contribution in [0.3, 0.4) is 0 Å². The molecule has 4 aromatic carbocycles. The summed E-state index contributed by atoms with van der Waals surface area (Å²) in [6, 6.07) is 31.9. The zero-order valence-electron chi connectivity index (χ0n) is 19.8. The third-order valence-electron chi connectivity index (χ3n) is 5.89. The van der Waals surface area contributed by atoms with E-state index in [4.69, 9.17) is 11.5 Å². The van der Waals surface area contributed by atoms with Gasteiger partial charge in [-0.15, -0.1) is 11.4 Å². The van der Waals surface area contributed by atoms with Gasteiger partial charge in [-0.05, 0) is 56.7 Å². The molecule has 0 radical (unpaired) electrons. The molecule has 0 spiro atoms. The zero-order valence-corrected chi connectivity index (χ0v) is 23.6. The van der Waals surface area contributed by atoms with Crippen LogP contribution in [0.5, 0.6) is 0 Å². The van der Waals surface area contributed by atoms with Gasteiger partial charge >= 0.3 is 21.1 Å². The predicted molar refractivity (Wildman–Crippen MR) is 148 cm³/mol. The molecule has 2 N–H and O–H groups in total. The van der Waals surface area contributed by atoms with Crippen LogP contribution in [-0.2, 0) is 21.1 Å². The first kappa shape index (κ1) is 29.9. The SMILES string of the molecule is [Cl-].[Cl-].[NH-]c1ccc(/C=C2\C=Cc3ccccc32)cc1.[NH-]c1ccc(/C=C2\C=Cc3ccccc32)cc1.[Pt+4]. The Morgan fingerprint density at radius 3 is 1.16 bits per heavy atom. The second kappa shape index (κ2) is 13.9. The van der Waals surface area contributed by atoms with E-state index in [0.29, 0.717) is 11.4 Å². The van der Waals surface area contributed by atoms with Gasteiger partial charge in [-0.3, -0.25) is 0 Å². The smallest absolute Gasteiger partial charge is 1.00 e. The van der Waals surface area contributed by atoms with Crippen molar-refractivity contribution in [2.24, 2.45) is 0 Å². The molecule has 4 aromatic rings. The van der Waals surface area contributed by atoms with Gasteiger partial charge in [0.25, 0.3) is 0 Å². The largest absolute Gasteiger partial charge is 4.00 e. The third kappa shape index (κ3) is 7.37. The van der Waals surface area contributed by atoms with Gasteiger partial charge in [0.05, 0.1) is 0 Å². The first-order chi connectivity index (χ1) is 16.7. The summed E-state index contributed by atoms with van der Waals surface area (Å²) in [6.45, 7) is 0. The van der Waals surface area contributed by atoms with Crippen LogP contribution in [0.25, 0.3) is 46.9 Å². The summed E-state index contributed by atoms with van der Waals surface area (Å²) in [5.74, 6) is 0. The molecule has 0 unspecified atom stereocenters. The van der Waals surface area contributed by atoms with E-state index < -0.39 is 0 Å². The van der Waals surface area contributed by atoms with Crippen LogP contribution >= 0.6 is 0 Å². The number of halogens is 2. The molecule has 0 saturated heterocycles. The van der Waals surface area contributed by atoms with E-state index >= 15 is 0 Å². The minimum Gasteiger partial charge on any atom is -1.00 e. The number of allylic oxidation sites excluding steroid dienone is 4. The van der Waals surface area contributed by atoms with Gasteiger partial charge in [0, 0.05) is 0 Å². The van der Waals surface area contributed by atoms with Crippen molar-refractivity contribution in [3.05, 3.63) is 154 Å². The number of fused-ring (bicyclic) bond motifs is 2. The molecule has 0 atom stereocenters. The van der Waals surface area contributed by atoms with E-state index in [9.17, 15) is 0 Å². The van der Waals surface area contributed by atoms with Crippen molar-refractivity contribution in [3.8, 4) is 0 Å². The van der Waals surface area contributed by atoms with Crippen LogP contribution in [0.15, 0.2) is 109 Å². The fourth-order valence-corrected chi connectivity index (χ4v) is 4.12. The average molecular weight is 703 g/mol. The van der Waals surface area contributed by atoms with E-state index in [1.54, 1.807) is 0 Å². The second-order valence-corrected chi connectivity index (χ2v) is 8.28. The topological polar surface area (TPSA) is 47.6 Å². The Hall–Kier alpha value is -3.29. The first-order valence-corrected chi connectivity index (χ1v) is 11.3. The van der Waals surface area contributed by atoms with Crippen molar-refractivity contribution in [2.75, 3.05) is 0 Å². The molecule has 2 aliphatic rings. The van der Waals surface area contributed by atoms with Crippen molar-refractivity contribution >= 4 is 46.8 Å². The van der Waals surface area contributed by atoms with Crippen LogP contribution in [0.2, 0.25) is 0 Å². The minimum absolute atomic E-state index is 0. The van der Waals surface area contributed by atoms with Crippen LogP contribution in [0.4, 0.5) is 11.4 Å². The minimum atomic E-state index is 0. The summed E-state index contributed by atoms with van der Waals surface area (Å²) >= 11 is 0. The molecule has 0 aliphatic heterocycles. The van der Waals surface area contributed by atoms with Crippen LogP contribution in [-0.4, -0.2) is 0 Å². The Bertz CT molecular complexity index is 1340. The molecule has 0 aromatic heterocycles. The number of nitrogens with one attached hydrogen (secondary N) is 2. The fourth-order valence-electron chi connectivity index (χ4n) is 4.12. The summed E-state index contributed by atoms with van der Waals surface area (Å²) in [4.78, 5) is 0. The van der Waals surface area contributed by atoms with Gasteiger partial charge in [-0.2, -0.15) is 0 Å². The van der Waals surface area contributed by atoms with Gasteiger partial charge in [0.1, 0.15) is 0 Å². The van der Waals surface area contributed by atoms with Crippen LogP contribution in [0.1, 0.15) is 33.4 Å². The Labute approximate surface area is 245 Å². The summed E-state index contributed by atoms with van der Waals surface area (Å²) in [5, 5.41) is 0. The number of benzene rings is 4. The fraction of sp³-hybridized carbons (Fsp3) is 0. The zero-order chi connectivity index (χ0) is 23.3. The molecule has 0 bridgehead atoms. The molecular formula is C32H24Cl2N2Pt. The van der Waals surface area contributed by atoms with Crippen molar-refractivity contribution in [3.63, 3.8) is 0 Å². The Balaban J connectivity index is 0.000000241. The van der Waals surface area contributed by atoms with Crippen molar-refractivity contribution in [1.82, 2.24) is 0 Å². The summed E-state index contributed by atoms with van der Waals surface area (Å²) in [6.07, 6.45) is 12.9. The van der Waals surface area contributed by atoms with E-state index in [2.05, 4.69) is 85.0 Å². The Kier molecular flexibility index (Phi) is 11.2. The maximum absolute atomic E-state index is 7.46. The maximum atomic E-state index is 7.46. The first-order valence-electron chi connectivity index (χ1n) is 11.3. The predicted octanol–water partition coefficient (Wildman–Crippen LogP) is 3.88. The van der Waals surface area contributed by atoms with Gasteiger partial charge in [0.2, 0.25) is 0 Å². The standard InChI is InChI=1S/2C16H12N.2ClH.Pt/c2*17-15-9-5-12(6-10-15)11-14-8-7-13-3-1-2-4-16(13)14;;;/h2*1-11,17H;2*1H;/q2*-1;;;+4/p-2/b2*14-11+;;;. The molecular weight excluding hydrogens is 678 g/mol.